The van der Waals surface area contributed by atoms with Crippen LogP contribution in [0.2, 0.25) is 0 Å². The molecular formula is C10H17NO4. The zero-order chi connectivity index (χ0) is 11.3. The zero-order valence-electron chi connectivity index (χ0n) is 8.94. The van der Waals surface area contributed by atoms with E-state index < -0.39 is 12.0 Å². The van der Waals surface area contributed by atoms with Gasteiger partial charge >= 0.3 is 5.97 Å². The van der Waals surface area contributed by atoms with Crippen LogP contribution >= 0.6 is 0 Å². The minimum Gasteiger partial charge on any atom is -0.480 e. The number of carboxylic acid groups (broad SMARTS) is 1. The molecule has 1 atom stereocenters. The molecule has 1 rings (SSSR count). The number of hydrogen-bond donors (Lipinski definition) is 1. The summed E-state index contributed by atoms with van der Waals surface area (Å²) in [5.41, 5.74) is 0. The highest BCUT2D eigenvalue weighted by molar-refractivity contribution is 5.84. The van der Waals surface area contributed by atoms with E-state index in [1.54, 1.807) is 6.92 Å². The number of rotatable bonds is 4. The van der Waals surface area contributed by atoms with Gasteiger partial charge < -0.3 is 14.7 Å². The van der Waals surface area contributed by atoms with Crippen LogP contribution in [0, 0.1) is 0 Å². The van der Waals surface area contributed by atoms with Crippen LogP contribution in [0.25, 0.3) is 0 Å². The fourth-order valence-electron chi connectivity index (χ4n) is 1.76. The lowest BCUT2D eigenvalue weighted by atomic mass is 10.0. The maximum atomic E-state index is 11.6. The zero-order valence-corrected chi connectivity index (χ0v) is 8.94. The first-order valence-corrected chi connectivity index (χ1v) is 5.26. The van der Waals surface area contributed by atoms with Crippen molar-refractivity contribution in [3.05, 3.63) is 0 Å². The molecule has 1 saturated heterocycles. The molecule has 86 valence electrons. The molecule has 1 aliphatic rings. The van der Waals surface area contributed by atoms with Gasteiger partial charge in [0.05, 0.1) is 0 Å². The van der Waals surface area contributed by atoms with E-state index in [2.05, 4.69) is 0 Å². The second-order valence-corrected chi connectivity index (χ2v) is 3.57. The molecule has 0 aromatic carbocycles. The third-order valence-corrected chi connectivity index (χ3v) is 2.54. The van der Waals surface area contributed by atoms with Crippen molar-refractivity contribution in [1.29, 1.82) is 0 Å². The van der Waals surface area contributed by atoms with E-state index in [-0.39, 0.29) is 12.5 Å². The molecule has 0 bridgehead atoms. The molecule has 5 nitrogen and oxygen atoms in total. The summed E-state index contributed by atoms with van der Waals surface area (Å²) in [4.78, 5) is 23.9. The normalized spacial score (nSPS) is 21.4. The molecule has 15 heavy (non-hydrogen) atoms. The summed E-state index contributed by atoms with van der Waals surface area (Å²) in [5.74, 6) is -1.14. The Morgan fingerprint density at radius 1 is 1.47 bits per heavy atom. The van der Waals surface area contributed by atoms with Crippen LogP contribution in [0.1, 0.15) is 26.2 Å². The maximum Gasteiger partial charge on any atom is 0.326 e. The van der Waals surface area contributed by atoms with Gasteiger partial charge in [-0.15, -0.1) is 0 Å². The number of likely N-dealkylation sites (tertiary alicyclic amines) is 1. The highest BCUT2D eigenvalue weighted by Crippen LogP contribution is 2.17. The fourth-order valence-corrected chi connectivity index (χ4v) is 1.76. The van der Waals surface area contributed by atoms with E-state index in [9.17, 15) is 9.59 Å². The van der Waals surface area contributed by atoms with E-state index in [1.165, 1.54) is 4.90 Å². The van der Waals surface area contributed by atoms with Crippen molar-refractivity contribution >= 4 is 11.9 Å². The van der Waals surface area contributed by atoms with Crippen molar-refractivity contribution in [2.75, 3.05) is 19.8 Å². The van der Waals surface area contributed by atoms with Crippen LogP contribution in [-0.4, -0.2) is 47.7 Å². The average molecular weight is 215 g/mol. The third-order valence-electron chi connectivity index (χ3n) is 2.54. The summed E-state index contributed by atoms with van der Waals surface area (Å²) in [6.45, 7) is 2.79. The SMILES string of the molecule is CCOCC(=O)N1CCCCC1C(=O)O. The summed E-state index contributed by atoms with van der Waals surface area (Å²) < 4.78 is 4.99. The molecule has 0 aromatic heterocycles. The van der Waals surface area contributed by atoms with Crippen LogP contribution in [0.5, 0.6) is 0 Å². The van der Waals surface area contributed by atoms with E-state index >= 15 is 0 Å². The second kappa shape index (κ2) is 5.70. The van der Waals surface area contributed by atoms with Gasteiger partial charge in [0.25, 0.3) is 0 Å². The molecule has 1 fully saturated rings. The number of aliphatic carboxylic acids is 1. The molecule has 0 radical (unpaired) electrons. The van der Waals surface area contributed by atoms with Gasteiger partial charge in [-0.3, -0.25) is 4.79 Å². The Kier molecular flexibility index (Phi) is 4.55. The minimum atomic E-state index is -0.917. The van der Waals surface area contributed by atoms with Crippen LogP contribution in [0.3, 0.4) is 0 Å². The summed E-state index contributed by atoms with van der Waals surface area (Å²) >= 11 is 0. The standard InChI is InChI=1S/C10H17NO4/c1-2-15-7-9(12)11-6-4-3-5-8(11)10(13)14/h8H,2-7H2,1H3,(H,13,14). The van der Waals surface area contributed by atoms with E-state index in [0.717, 1.165) is 12.8 Å². The average Bonchev–Trinajstić information content (AvgIpc) is 2.25. The number of nitrogens with zero attached hydrogens (tertiary/aromatic N) is 1. The van der Waals surface area contributed by atoms with Gasteiger partial charge in [-0.2, -0.15) is 0 Å². The topological polar surface area (TPSA) is 66.8 Å². The maximum absolute atomic E-state index is 11.6. The highest BCUT2D eigenvalue weighted by atomic mass is 16.5. The quantitative estimate of drug-likeness (QED) is 0.741. The fraction of sp³-hybridized carbons (Fsp3) is 0.800. The van der Waals surface area contributed by atoms with Gasteiger partial charge in [0.2, 0.25) is 5.91 Å². The monoisotopic (exact) mass is 215 g/mol. The van der Waals surface area contributed by atoms with Crippen molar-refractivity contribution in [2.24, 2.45) is 0 Å². The number of ether oxygens (including phenoxy) is 1. The molecule has 1 heterocycles. The van der Waals surface area contributed by atoms with Crippen molar-refractivity contribution in [1.82, 2.24) is 4.90 Å². The Bertz CT molecular complexity index is 242. The minimum absolute atomic E-state index is 0.0136. The second-order valence-electron chi connectivity index (χ2n) is 3.57. The van der Waals surface area contributed by atoms with Crippen molar-refractivity contribution in [2.45, 2.75) is 32.2 Å². The smallest absolute Gasteiger partial charge is 0.326 e. The number of piperidine rings is 1. The molecule has 0 spiro atoms. The molecule has 0 aliphatic carbocycles. The van der Waals surface area contributed by atoms with Gasteiger partial charge in [0, 0.05) is 13.2 Å². The molecule has 5 heteroatoms. The first-order chi connectivity index (χ1) is 7.16. The lowest BCUT2D eigenvalue weighted by Gasteiger charge is -2.32. The third kappa shape index (κ3) is 3.20. The van der Waals surface area contributed by atoms with Gasteiger partial charge in [-0.25, -0.2) is 4.79 Å². The highest BCUT2D eigenvalue weighted by Gasteiger charge is 2.31. The predicted octanol–water partition coefficient (Wildman–Crippen LogP) is 0.489. The number of hydrogen-bond acceptors (Lipinski definition) is 3. The van der Waals surface area contributed by atoms with Crippen LogP contribution in [-0.2, 0) is 14.3 Å². The number of amides is 1. The lowest BCUT2D eigenvalue weighted by Crippen LogP contribution is -2.49. The van der Waals surface area contributed by atoms with Crippen molar-refractivity contribution in [3.63, 3.8) is 0 Å². The molecule has 0 saturated carbocycles. The molecule has 0 aromatic rings. The molecular weight excluding hydrogens is 198 g/mol. The number of carbonyl (C=O) groups excluding carboxylic acids is 1. The van der Waals surface area contributed by atoms with Crippen LogP contribution in [0.4, 0.5) is 0 Å². The number of carboxylic acids is 1. The Balaban J connectivity index is 2.55. The van der Waals surface area contributed by atoms with Gasteiger partial charge in [0.15, 0.2) is 0 Å². The van der Waals surface area contributed by atoms with E-state index in [1.807, 2.05) is 0 Å². The van der Waals surface area contributed by atoms with Crippen LogP contribution < -0.4 is 0 Å². The summed E-state index contributed by atoms with van der Waals surface area (Å²) in [6.07, 6.45) is 2.30. The summed E-state index contributed by atoms with van der Waals surface area (Å²) in [5, 5.41) is 8.95. The summed E-state index contributed by atoms with van der Waals surface area (Å²) in [7, 11) is 0. The molecule has 1 unspecified atom stereocenters. The van der Waals surface area contributed by atoms with Crippen LogP contribution in [0.15, 0.2) is 0 Å². The Hall–Kier alpha value is -1.10. The Morgan fingerprint density at radius 3 is 2.80 bits per heavy atom. The molecule has 1 N–H and O–H groups in total. The van der Waals surface area contributed by atoms with Gasteiger partial charge in [-0.05, 0) is 26.2 Å². The van der Waals surface area contributed by atoms with Crippen molar-refractivity contribution < 1.29 is 19.4 Å². The lowest BCUT2D eigenvalue weighted by molar-refractivity contribution is -0.154. The number of carbonyl (C=O) groups is 2. The van der Waals surface area contributed by atoms with E-state index in [4.69, 9.17) is 9.84 Å². The van der Waals surface area contributed by atoms with Gasteiger partial charge in [0.1, 0.15) is 12.6 Å². The first kappa shape index (κ1) is 12.0. The largest absolute Gasteiger partial charge is 0.480 e. The Labute approximate surface area is 89.0 Å². The molecule has 1 amide bonds. The summed E-state index contributed by atoms with van der Waals surface area (Å²) in [6, 6.07) is -0.660. The van der Waals surface area contributed by atoms with Crippen molar-refractivity contribution in [3.8, 4) is 0 Å². The van der Waals surface area contributed by atoms with E-state index in [0.29, 0.717) is 19.6 Å². The first-order valence-electron chi connectivity index (χ1n) is 5.26. The van der Waals surface area contributed by atoms with Gasteiger partial charge in [-0.1, -0.05) is 0 Å². The Morgan fingerprint density at radius 2 is 2.20 bits per heavy atom. The predicted molar refractivity (Wildman–Crippen MR) is 53.5 cm³/mol. The molecule has 1 aliphatic heterocycles.